The lowest BCUT2D eigenvalue weighted by Crippen LogP contribution is -2.69. The first kappa shape index (κ1) is 26.1. The summed E-state index contributed by atoms with van der Waals surface area (Å²) in [5, 5.41) is 5.58. The molecule has 0 aliphatic heterocycles. The van der Waals surface area contributed by atoms with Gasteiger partial charge in [-0.15, -0.1) is 0 Å². The zero-order valence-corrected chi connectivity index (χ0v) is 21.4. The van der Waals surface area contributed by atoms with Crippen molar-refractivity contribution in [3.05, 3.63) is 60.7 Å². The highest BCUT2D eigenvalue weighted by molar-refractivity contribution is 7.85. The SMILES string of the molecule is CC(C)(C)OC(=O)N[C@@H](CCCCOS(C)(=O)=O)[Si](C)(c1ccccc1)c1ccccc1. The number of benzene rings is 2. The molecule has 1 amide bonds. The van der Waals surface area contributed by atoms with Crippen molar-refractivity contribution in [1.82, 2.24) is 5.32 Å². The fourth-order valence-corrected chi connectivity index (χ4v) is 8.27. The van der Waals surface area contributed by atoms with Gasteiger partial charge in [0.2, 0.25) is 0 Å². The Kier molecular flexibility index (Phi) is 9.06. The summed E-state index contributed by atoms with van der Waals surface area (Å²) in [6.45, 7) is 7.92. The number of carbonyl (C=O) groups excluding carboxylic acids is 1. The van der Waals surface area contributed by atoms with Gasteiger partial charge in [0.1, 0.15) is 13.7 Å². The van der Waals surface area contributed by atoms with E-state index in [0.717, 1.165) is 6.26 Å². The Balaban J connectivity index is 2.34. The minimum atomic E-state index is -3.46. The highest BCUT2D eigenvalue weighted by atomic mass is 32.2. The summed E-state index contributed by atoms with van der Waals surface area (Å²) >= 11 is 0. The maximum absolute atomic E-state index is 12.8. The summed E-state index contributed by atoms with van der Waals surface area (Å²) in [5.41, 5.74) is -0.754. The Labute approximate surface area is 193 Å². The molecule has 176 valence electrons. The quantitative estimate of drug-likeness (QED) is 0.322. The van der Waals surface area contributed by atoms with Crippen molar-refractivity contribution in [3.63, 3.8) is 0 Å². The molecule has 0 radical (unpaired) electrons. The first-order valence-electron chi connectivity index (χ1n) is 10.9. The van der Waals surface area contributed by atoms with E-state index in [1.807, 2.05) is 57.2 Å². The van der Waals surface area contributed by atoms with E-state index in [1.165, 1.54) is 10.4 Å². The first-order chi connectivity index (χ1) is 14.9. The molecule has 0 unspecified atom stereocenters. The van der Waals surface area contributed by atoms with Crippen LogP contribution in [0.15, 0.2) is 60.7 Å². The molecule has 0 saturated carbocycles. The van der Waals surface area contributed by atoms with Gasteiger partial charge in [-0.25, -0.2) is 4.79 Å². The zero-order chi connectivity index (χ0) is 23.8. The van der Waals surface area contributed by atoms with Crippen molar-refractivity contribution in [2.75, 3.05) is 12.9 Å². The molecule has 0 aliphatic rings. The first-order valence-corrected chi connectivity index (χ1v) is 15.3. The third kappa shape index (κ3) is 8.07. The van der Waals surface area contributed by atoms with Crippen molar-refractivity contribution in [2.45, 2.75) is 57.8 Å². The third-order valence-corrected chi connectivity index (χ3v) is 10.8. The number of rotatable bonds is 10. The minimum Gasteiger partial charge on any atom is -0.444 e. The van der Waals surface area contributed by atoms with Crippen LogP contribution in [-0.2, 0) is 19.0 Å². The number of hydrogen-bond donors (Lipinski definition) is 1. The van der Waals surface area contributed by atoms with Crippen molar-refractivity contribution < 1.29 is 22.1 Å². The van der Waals surface area contributed by atoms with E-state index in [0.29, 0.717) is 19.3 Å². The number of unbranched alkanes of at least 4 members (excludes halogenated alkanes) is 1. The smallest absolute Gasteiger partial charge is 0.407 e. The predicted molar refractivity (Wildman–Crippen MR) is 132 cm³/mol. The molecular formula is C24H35NO5SSi. The standard InChI is InChI=1S/C24H35NO5SSi/c1-24(2,3)30-23(26)25-22(18-12-13-19-29-31(4,27)28)32(5,20-14-8-6-9-15-20)21-16-10-7-11-17-21/h6-11,14-17,22H,12-13,18-19H2,1-5H3,(H,25,26)/t22-/m1/s1. The summed E-state index contributed by atoms with van der Waals surface area (Å²) < 4.78 is 33.0. The number of alkyl carbamates (subject to hydrolysis) is 1. The van der Waals surface area contributed by atoms with Gasteiger partial charge in [0.15, 0.2) is 0 Å². The average molecular weight is 478 g/mol. The van der Waals surface area contributed by atoms with Crippen LogP contribution in [0.4, 0.5) is 4.79 Å². The highest BCUT2D eigenvalue weighted by Crippen LogP contribution is 2.18. The molecule has 1 N–H and O–H groups in total. The van der Waals surface area contributed by atoms with Gasteiger partial charge in [0, 0.05) is 5.67 Å². The van der Waals surface area contributed by atoms with E-state index >= 15 is 0 Å². The zero-order valence-electron chi connectivity index (χ0n) is 19.6. The Bertz CT molecular complexity index is 919. The van der Waals surface area contributed by atoms with Gasteiger partial charge >= 0.3 is 6.09 Å². The Morgan fingerprint density at radius 1 is 0.969 bits per heavy atom. The van der Waals surface area contributed by atoms with Crippen LogP contribution in [0.2, 0.25) is 6.55 Å². The van der Waals surface area contributed by atoms with E-state index in [-0.39, 0.29) is 12.3 Å². The van der Waals surface area contributed by atoms with Crippen molar-refractivity contribution in [2.24, 2.45) is 0 Å². The van der Waals surface area contributed by atoms with E-state index in [1.54, 1.807) is 0 Å². The van der Waals surface area contributed by atoms with E-state index in [2.05, 4.69) is 36.1 Å². The highest BCUT2D eigenvalue weighted by Gasteiger charge is 2.41. The summed E-state index contributed by atoms with van der Waals surface area (Å²) in [5.74, 6) is 0. The van der Waals surface area contributed by atoms with Gasteiger partial charge in [-0.2, -0.15) is 8.42 Å². The van der Waals surface area contributed by atoms with Crippen LogP contribution in [0.25, 0.3) is 0 Å². The fraction of sp³-hybridized carbons (Fsp3) is 0.458. The molecule has 2 aromatic carbocycles. The largest absolute Gasteiger partial charge is 0.444 e. The number of ether oxygens (including phenoxy) is 1. The van der Waals surface area contributed by atoms with Crippen LogP contribution in [-0.4, -0.2) is 46.7 Å². The molecule has 0 saturated heterocycles. The molecule has 8 heteroatoms. The molecule has 0 aliphatic carbocycles. The number of nitrogens with one attached hydrogen (secondary N) is 1. The summed E-state index contributed by atoms with van der Waals surface area (Å²) in [6.07, 6.45) is 2.57. The second-order valence-electron chi connectivity index (χ2n) is 9.16. The lowest BCUT2D eigenvalue weighted by Gasteiger charge is -2.38. The summed E-state index contributed by atoms with van der Waals surface area (Å²) in [4.78, 5) is 12.8. The molecule has 0 spiro atoms. The van der Waals surface area contributed by atoms with E-state index in [4.69, 9.17) is 8.92 Å². The number of carbonyl (C=O) groups is 1. The lowest BCUT2D eigenvalue weighted by molar-refractivity contribution is 0.0517. The summed E-state index contributed by atoms with van der Waals surface area (Å²) in [6, 6.07) is 20.5. The Morgan fingerprint density at radius 3 is 1.91 bits per heavy atom. The van der Waals surface area contributed by atoms with Crippen LogP contribution in [0.3, 0.4) is 0 Å². The molecule has 2 aromatic rings. The van der Waals surface area contributed by atoms with Crippen molar-refractivity contribution in [1.29, 1.82) is 0 Å². The number of amides is 1. The van der Waals surface area contributed by atoms with E-state index in [9.17, 15) is 13.2 Å². The van der Waals surface area contributed by atoms with Gasteiger partial charge < -0.3 is 10.1 Å². The van der Waals surface area contributed by atoms with Gasteiger partial charge in [0.25, 0.3) is 10.1 Å². The van der Waals surface area contributed by atoms with Crippen LogP contribution in [0.5, 0.6) is 0 Å². The van der Waals surface area contributed by atoms with Gasteiger partial charge in [-0.05, 0) is 40.0 Å². The van der Waals surface area contributed by atoms with Crippen molar-refractivity contribution in [3.8, 4) is 0 Å². The third-order valence-electron chi connectivity index (χ3n) is 5.32. The molecule has 6 nitrogen and oxygen atoms in total. The van der Waals surface area contributed by atoms with E-state index < -0.39 is 29.9 Å². The normalized spacial score (nSPS) is 13.4. The number of hydrogen-bond acceptors (Lipinski definition) is 5. The second kappa shape index (κ2) is 11.1. The average Bonchev–Trinajstić information content (AvgIpc) is 2.71. The minimum absolute atomic E-state index is 0.132. The molecule has 2 rings (SSSR count). The van der Waals surface area contributed by atoms with Gasteiger partial charge in [-0.1, -0.05) is 77.6 Å². The molecule has 0 aromatic heterocycles. The monoisotopic (exact) mass is 477 g/mol. The molecular weight excluding hydrogens is 442 g/mol. The summed E-state index contributed by atoms with van der Waals surface area (Å²) in [7, 11) is -5.90. The second-order valence-corrected chi connectivity index (χ2v) is 15.1. The topological polar surface area (TPSA) is 81.7 Å². The lowest BCUT2D eigenvalue weighted by atomic mass is 10.2. The van der Waals surface area contributed by atoms with Crippen LogP contribution in [0.1, 0.15) is 40.0 Å². The fourth-order valence-electron chi connectivity index (χ4n) is 3.75. The molecule has 0 bridgehead atoms. The Hall–Kier alpha value is -2.16. The van der Waals surface area contributed by atoms with Gasteiger partial charge in [-0.3, -0.25) is 4.18 Å². The van der Waals surface area contributed by atoms with Crippen LogP contribution in [0, 0.1) is 0 Å². The maximum Gasteiger partial charge on any atom is 0.407 e. The Morgan fingerprint density at radius 2 is 1.47 bits per heavy atom. The van der Waals surface area contributed by atoms with Crippen LogP contribution >= 0.6 is 0 Å². The molecule has 32 heavy (non-hydrogen) atoms. The predicted octanol–water partition coefficient (Wildman–Crippen LogP) is 3.46. The molecule has 0 heterocycles. The van der Waals surface area contributed by atoms with Crippen molar-refractivity contribution >= 4 is 34.7 Å². The van der Waals surface area contributed by atoms with Crippen LogP contribution < -0.4 is 15.7 Å². The van der Waals surface area contributed by atoms with Gasteiger partial charge in [0.05, 0.1) is 12.9 Å². The maximum atomic E-state index is 12.8. The molecule has 0 fully saturated rings. The molecule has 1 atom stereocenters.